The Morgan fingerprint density at radius 1 is 1.04 bits per heavy atom. The van der Waals surface area contributed by atoms with Crippen LogP contribution < -0.4 is 0 Å². The Hall–Kier alpha value is -3.06. The first-order chi connectivity index (χ1) is 12.1. The number of esters is 1. The van der Waals surface area contributed by atoms with Gasteiger partial charge in [0.2, 0.25) is 0 Å². The largest absolute Gasteiger partial charge is 0.439 e. The maximum atomic E-state index is 13.7. The van der Waals surface area contributed by atoms with E-state index in [0.717, 1.165) is 16.2 Å². The summed E-state index contributed by atoms with van der Waals surface area (Å²) in [5.74, 6) is -2.14. The van der Waals surface area contributed by atoms with E-state index in [0.29, 0.717) is 10.1 Å². The van der Waals surface area contributed by atoms with E-state index < -0.39 is 30.3 Å². The summed E-state index contributed by atoms with van der Waals surface area (Å²) in [7, 11) is 0. The number of hydrogen-bond acceptors (Lipinski definition) is 5. The lowest BCUT2D eigenvalue weighted by Gasteiger charge is -2.13. The van der Waals surface area contributed by atoms with Crippen LogP contribution in [-0.2, 0) is 4.74 Å². The molecule has 2 amide bonds. The first kappa shape index (κ1) is 15.5. The van der Waals surface area contributed by atoms with Crippen molar-refractivity contribution in [3.63, 3.8) is 0 Å². The molecule has 1 aliphatic rings. The summed E-state index contributed by atoms with van der Waals surface area (Å²) in [6.45, 7) is -0.484. The maximum absolute atomic E-state index is 13.7. The maximum Gasteiger partial charge on any atom is 0.350 e. The molecule has 0 N–H and O–H groups in total. The standard InChI is InChI=1S/C18H10FNO4S/c19-13-6-3-7-14-12(13)8-15(25-14)18(23)24-9-20-16(21)10-4-1-2-5-11(10)17(20)22/h1-8H,9H2. The van der Waals surface area contributed by atoms with E-state index in [1.165, 1.54) is 12.1 Å². The lowest BCUT2D eigenvalue weighted by molar-refractivity contribution is 0.0232. The molecular weight excluding hydrogens is 345 g/mol. The first-order valence-electron chi connectivity index (χ1n) is 7.36. The van der Waals surface area contributed by atoms with Crippen LogP contribution in [0.2, 0.25) is 0 Å². The molecule has 0 saturated heterocycles. The van der Waals surface area contributed by atoms with Crippen molar-refractivity contribution < 1.29 is 23.5 Å². The number of rotatable bonds is 3. The Morgan fingerprint density at radius 3 is 2.36 bits per heavy atom. The van der Waals surface area contributed by atoms with Crippen molar-refractivity contribution in [3.8, 4) is 0 Å². The molecule has 1 aromatic heterocycles. The number of benzene rings is 2. The zero-order valence-corrected chi connectivity index (χ0v) is 13.5. The Kier molecular flexibility index (Phi) is 3.58. The summed E-state index contributed by atoms with van der Waals surface area (Å²) in [5, 5.41) is 0.334. The van der Waals surface area contributed by atoms with E-state index in [1.807, 2.05) is 0 Å². The number of hydrogen-bond donors (Lipinski definition) is 0. The van der Waals surface area contributed by atoms with Crippen LogP contribution in [0.5, 0.6) is 0 Å². The third-order valence-corrected chi connectivity index (χ3v) is 4.99. The van der Waals surface area contributed by atoms with Gasteiger partial charge < -0.3 is 4.74 Å². The Bertz CT molecular complexity index is 1010. The topological polar surface area (TPSA) is 63.7 Å². The first-order valence-corrected chi connectivity index (χ1v) is 8.18. The predicted molar refractivity (Wildman–Crippen MR) is 89.0 cm³/mol. The number of thiophene rings is 1. The van der Waals surface area contributed by atoms with Gasteiger partial charge in [0.25, 0.3) is 11.8 Å². The summed E-state index contributed by atoms with van der Waals surface area (Å²) in [4.78, 5) is 37.7. The highest BCUT2D eigenvalue weighted by Gasteiger charge is 2.35. The van der Waals surface area contributed by atoms with Gasteiger partial charge in [-0.2, -0.15) is 0 Å². The van der Waals surface area contributed by atoms with Crippen molar-refractivity contribution in [1.29, 1.82) is 0 Å². The molecule has 0 bridgehead atoms. The number of fused-ring (bicyclic) bond motifs is 2. The molecule has 0 fully saturated rings. The average molecular weight is 355 g/mol. The highest BCUT2D eigenvalue weighted by molar-refractivity contribution is 7.20. The quantitative estimate of drug-likeness (QED) is 0.533. The van der Waals surface area contributed by atoms with Crippen LogP contribution in [-0.4, -0.2) is 29.4 Å². The van der Waals surface area contributed by atoms with Crippen molar-refractivity contribution in [1.82, 2.24) is 4.90 Å². The van der Waals surface area contributed by atoms with Gasteiger partial charge in [-0.15, -0.1) is 11.3 Å². The van der Waals surface area contributed by atoms with Gasteiger partial charge >= 0.3 is 5.97 Å². The summed E-state index contributed by atoms with van der Waals surface area (Å²) in [6, 6.07) is 12.4. The molecule has 7 heteroatoms. The minimum Gasteiger partial charge on any atom is -0.439 e. The highest BCUT2D eigenvalue weighted by Crippen LogP contribution is 2.28. The average Bonchev–Trinajstić information content (AvgIpc) is 3.16. The lowest BCUT2D eigenvalue weighted by atomic mass is 10.1. The van der Waals surface area contributed by atoms with E-state index in [-0.39, 0.29) is 16.0 Å². The number of halogens is 1. The van der Waals surface area contributed by atoms with Crippen molar-refractivity contribution in [2.24, 2.45) is 0 Å². The SMILES string of the molecule is O=C(OCN1C(=O)c2ccccc2C1=O)c1cc2c(F)cccc2s1. The third kappa shape index (κ3) is 2.49. The highest BCUT2D eigenvalue weighted by atomic mass is 32.1. The van der Waals surface area contributed by atoms with Gasteiger partial charge in [0.1, 0.15) is 10.7 Å². The molecule has 0 spiro atoms. The van der Waals surface area contributed by atoms with E-state index >= 15 is 0 Å². The molecule has 5 nitrogen and oxygen atoms in total. The van der Waals surface area contributed by atoms with Crippen LogP contribution in [0.1, 0.15) is 30.4 Å². The Labute approximate surface area is 145 Å². The van der Waals surface area contributed by atoms with Crippen LogP contribution in [0.3, 0.4) is 0 Å². The van der Waals surface area contributed by atoms with E-state index in [2.05, 4.69) is 0 Å². The molecule has 0 radical (unpaired) electrons. The van der Waals surface area contributed by atoms with E-state index in [1.54, 1.807) is 36.4 Å². The number of nitrogens with zero attached hydrogens (tertiary/aromatic N) is 1. The van der Waals surface area contributed by atoms with Crippen LogP contribution >= 0.6 is 11.3 Å². The molecule has 0 saturated carbocycles. The third-order valence-electron chi connectivity index (χ3n) is 3.91. The predicted octanol–water partition coefficient (Wildman–Crippen LogP) is 3.45. The second-order valence-corrected chi connectivity index (χ2v) is 6.49. The fourth-order valence-electron chi connectivity index (χ4n) is 2.68. The molecule has 0 unspecified atom stereocenters. The van der Waals surface area contributed by atoms with Crippen LogP contribution in [0.15, 0.2) is 48.5 Å². The molecule has 124 valence electrons. The molecule has 2 heterocycles. The zero-order chi connectivity index (χ0) is 17.6. The molecule has 1 aliphatic heterocycles. The normalized spacial score (nSPS) is 13.4. The summed E-state index contributed by atoms with van der Waals surface area (Å²) < 4.78 is 19.4. The second kappa shape index (κ2) is 5.78. The molecule has 25 heavy (non-hydrogen) atoms. The van der Waals surface area contributed by atoms with Gasteiger partial charge in [0.05, 0.1) is 11.1 Å². The number of carbonyl (C=O) groups excluding carboxylic acids is 3. The molecule has 4 rings (SSSR count). The second-order valence-electron chi connectivity index (χ2n) is 5.41. The number of carbonyl (C=O) groups is 3. The van der Waals surface area contributed by atoms with Crippen molar-refractivity contribution in [2.45, 2.75) is 0 Å². The van der Waals surface area contributed by atoms with Gasteiger partial charge in [-0.25, -0.2) is 14.1 Å². The van der Waals surface area contributed by atoms with Gasteiger partial charge in [0.15, 0.2) is 6.73 Å². The van der Waals surface area contributed by atoms with Crippen molar-refractivity contribution in [3.05, 3.63) is 70.4 Å². The van der Waals surface area contributed by atoms with Crippen LogP contribution in [0.25, 0.3) is 10.1 Å². The van der Waals surface area contributed by atoms with E-state index in [9.17, 15) is 18.8 Å². The van der Waals surface area contributed by atoms with Crippen LogP contribution in [0.4, 0.5) is 4.39 Å². The van der Waals surface area contributed by atoms with Gasteiger partial charge in [-0.1, -0.05) is 18.2 Å². The van der Waals surface area contributed by atoms with Crippen molar-refractivity contribution in [2.75, 3.05) is 6.73 Å². The monoisotopic (exact) mass is 355 g/mol. The van der Waals surface area contributed by atoms with E-state index in [4.69, 9.17) is 4.74 Å². The number of amides is 2. The Morgan fingerprint density at radius 2 is 1.72 bits per heavy atom. The summed E-state index contributed by atoms with van der Waals surface area (Å²) in [5.41, 5.74) is 0.569. The molecular formula is C18H10FNO4S. The van der Waals surface area contributed by atoms with Crippen molar-refractivity contribution >= 4 is 39.2 Å². The smallest absolute Gasteiger partial charge is 0.350 e. The lowest BCUT2D eigenvalue weighted by Crippen LogP contribution is -2.33. The summed E-state index contributed by atoms with van der Waals surface area (Å²) >= 11 is 1.09. The molecule has 3 aromatic rings. The van der Waals surface area contributed by atoms with Gasteiger partial charge in [-0.3, -0.25) is 9.59 Å². The minimum atomic E-state index is -0.711. The number of imide groups is 1. The Balaban J connectivity index is 1.51. The summed E-state index contributed by atoms with van der Waals surface area (Å²) in [6.07, 6.45) is 0. The fourth-order valence-corrected chi connectivity index (χ4v) is 3.65. The number of ether oxygens (including phenoxy) is 1. The molecule has 2 aromatic carbocycles. The van der Waals surface area contributed by atoms with Gasteiger partial charge in [-0.05, 0) is 30.3 Å². The minimum absolute atomic E-state index is 0.205. The zero-order valence-electron chi connectivity index (χ0n) is 12.7. The molecule has 0 atom stereocenters. The van der Waals surface area contributed by atoms with Crippen LogP contribution in [0, 0.1) is 5.82 Å². The fraction of sp³-hybridized carbons (Fsp3) is 0.0556. The molecule has 0 aliphatic carbocycles. The van der Waals surface area contributed by atoms with Gasteiger partial charge in [0, 0.05) is 10.1 Å².